The van der Waals surface area contributed by atoms with Crippen LogP contribution < -0.4 is 14.8 Å². The molecule has 1 saturated heterocycles. The lowest BCUT2D eigenvalue weighted by molar-refractivity contribution is 0.244. The molecular formula is C18H27NO2. The molecule has 2 aliphatic rings. The van der Waals surface area contributed by atoms with E-state index in [1.54, 1.807) is 7.11 Å². The van der Waals surface area contributed by atoms with Crippen LogP contribution in [0.1, 0.15) is 44.2 Å². The number of fused-ring (bicyclic) bond motifs is 1. The van der Waals surface area contributed by atoms with E-state index in [1.807, 2.05) is 0 Å². The van der Waals surface area contributed by atoms with Gasteiger partial charge in [-0.2, -0.15) is 0 Å². The summed E-state index contributed by atoms with van der Waals surface area (Å²) in [6, 6.07) is 4.45. The minimum atomic E-state index is 0.286. The standard InChI is InChI=1S/C18H27NO2/c1-11(2)16-10-19-6-5-14(16)15-9-17-13(7-12(3)21-17)8-18(15)20-4/h8-9,11-12,14,16,19H,5-7,10H2,1-4H3. The minimum Gasteiger partial charge on any atom is -0.496 e. The van der Waals surface area contributed by atoms with Crippen LogP contribution in [0.2, 0.25) is 0 Å². The van der Waals surface area contributed by atoms with E-state index >= 15 is 0 Å². The molecule has 3 unspecified atom stereocenters. The van der Waals surface area contributed by atoms with Crippen molar-refractivity contribution in [3.8, 4) is 11.5 Å². The molecule has 1 aromatic carbocycles. The third-order valence-electron chi connectivity index (χ3n) is 5.03. The molecule has 0 radical (unpaired) electrons. The van der Waals surface area contributed by atoms with Gasteiger partial charge < -0.3 is 14.8 Å². The average Bonchev–Trinajstić information content (AvgIpc) is 2.84. The van der Waals surface area contributed by atoms with Crippen molar-refractivity contribution < 1.29 is 9.47 Å². The van der Waals surface area contributed by atoms with E-state index in [1.165, 1.54) is 17.5 Å². The quantitative estimate of drug-likeness (QED) is 0.925. The Labute approximate surface area is 128 Å². The van der Waals surface area contributed by atoms with Gasteiger partial charge in [0.25, 0.3) is 0 Å². The molecule has 0 saturated carbocycles. The van der Waals surface area contributed by atoms with Gasteiger partial charge >= 0.3 is 0 Å². The second kappa shape index (κ2) is 5.88. The highest BCUT2D eigenvalue weighted by Crippen LogP contribution is 2.43. The van der Waals surface area contributed by atoms with Crippen molar-refractivity contribution in [2.45, 2.75) is 45.6 Å². The normalized spacial score (nSPS) is 28.3. The van der Waals surface area contributed by atoms with Gasteiger partial charge in [-0.05, 0) is 56.3 Å². The molecule has 2 heterocycles. The van der Waals surface area contributed by atoms with Crippen molar-refractivity contribution in [1.82, 2.24) is 5.32 Å². The lowest BCUT2D eigenvalue weighted by Crippen LogP contribution is -2.38. The minimum absolute atomic E-state index is 0.286. The van der Waals surface area contributed by atoms with E-state index < -0.39 is 0 Å². The lowest BCUT2D eigenvalue weighted by atomic mass is 9.75. The number of nitrogens with one attached hydrogen (secondary N) is 1. The molecule has 3 nitrogen and oxygen atoms in total. The first-order valence-electron chi connectivity index (χ1n) is 8.18. The maximum Gasteiger partial charge on any atom is 0.123 e. The van der Waals surface area contributed by atoms with Crippen molar-refractivity contribution in [2.75, 3.05) is 20.2 Å². The lowest BCUT2D eigenvalue weighted by Gasteiger charge is -2.36. The first kappa shape index (κ1) is 14.7. The van der Waals surface area contributed by atoms with Gasteiger partial charge in [0.2, 0.25) is 0 Å². The third kappa shape index (κ3) is 2.76. The van der Waals surface area contributed by atoms with Crippen molar-refractivity contribution in [2.24, 2.45) is 11.8 Å². The summed E-state index contributed by atoms with van der Waals surface area (Å²) >= 11 is 0. The Hall–Kier alpha value is -1.22. The molecule has 3 heteroatoms. The highest BCUT2D eigenvalue weighted by Gasteiger charge is 2.32. The first-order chi connectivity index (χ1) is 10.1. The second-order valence-electron chi connectivity index (χ2n) is 6.84. The zero-order valence-corrected chi connectivity index (χ0v) is 13.6. The average molecular weight is 289 g/mol. The van der Waals surface area contributed by atoms with E-state index in [9.17, 15) is 0 Å². The summed E-state index contributed by atoms with van der Waals surface area (Å²) in [6.45, 7) is 8.96. The maximum absolute atomic E-state index is 5.96. The van der Waals surface area contributed by atoms with Crippen LogP contribution in [0.3, 0.4) is 0 Å². The van der Waals surface area contributed by atoms with Crippen molar-refractivity contribution >= 4 is 0 Å². The van der Waals surface area contributed by atoms with Crippen LogP contribution in [0.25, 0.3) is 0 Å². The van der Waals surface area contributed by atoms with Gasteiger partial charge in [-0.25, -0.2) is 0 Å². The fraction of sp³-hybridized carbons (Fsp3) is 0.667. The Bertz CT molecular complexity index is 512. The Morgan fingerprint density at radius 3 is 2.86 bits per heavy atom. The number of hydrogen-bond acceptors (Lipinski definition) is 3. The maximum atomic E-state index is 5.96. The molecule has 21 heavy (non-hydrogen) atoms. The predicted molar refractivity (Wildman–Crippen MR) is 85.3 cm³/mol. The monoisotopic (exact) mass is 289 g/mol. The van der Waals surface area contributed by atoms with Crippen molar-refractivity contribution in [1.29, 1.82) is 0 Å². The van der Waals surface area contributed by atoms with Gasteiger partial charge in [0.15, 0.2) is 0 Å². The fourth-order valence-electron chi connectivity index (χ4n) is 3.89. The highest BCUT2D eigenvalue weighted by atomic mass is 16.5. The van der Waals surface area contributed by atoms with Crippen LogP contribution in [0, 0.1) is 11.8 Å². The van der Waals surface area contributed by atoms with E-state index in [0.717, 1.165) is 31.0 Å². The molecule has 1 N–H and O–H groups in total. The predicted octanol–water partition coefficient (Wildman–Crippen LogP) is 3.37. The number of hydrogen-bond donors (Lipinski definition) is 1. The van der Waals surface area contributed by atoms with Gasteiger partial charge in [0.05, 0.1) is 7.11 Å². The summed E-state index contributed by atoms with van der Waals surface area (Å²) < 4.78 is 11.7. The third-order valence-corrected chi connectivity index (χ3v) is 5.03. The Balaban J connectivity index is 1.98. The molecule has 1 fully saturated rings. The summed E-state index contributed by atoms with van der Waals surface area (Å²) in [5.41, 5.74) is 2.63. The molecule has 1 aromatic rings. The molecule has 0 amide bonds. The van der Waals surface area contributed by atoms with Crippen molar-refractivity contribution in [3.63, 3.8) is 0 Å². The van der Waals surface area contributed by atoms with Gasteiger partial charge in [-0.15, -0.1) is 0 Å². The van der Waals surface area contributed by atoms with Crippen LogP contribution in [0.4, 0.5) is 0 Å². The summed E-state index contributed by atoms with van der Waals surface area (Å²) in [6.07, 6.45) is 2.45. The van der Waals surface area contributed by atoms with E-state index in [0.29, 0.717) is 17.8 Å². The van der Waals surface area contributed by atoms with Crippen LogP contribution in [0.15, 0.2) is 12.1 Å². The molecule has 116 valence electrons. The second-order valence-corrected chi connectivity index (χ2v) is 6.84. The summed E-state index contributed by atoms with van der Waals surface area (Å²) in [7, 11) is 1.79. The van der Waals surface area contributed by atoms with Crippen LogP contribution >= 0.6 is 0 Å². The molecule has 3 rings (SSSR count). The van der Waals surface area contributed by atoms with Gasteiger partial charge in [0.1, 0.15) is 17.6 Å². The van der Waals surface area contributed by atoms with E-state index in [4.69, 9.17) is 9.47 Å². The summed E-state index contributed by atoms with van der Waals surface area (Å²) in [5.74, 6) is 4.00. The number of benzene rings is 1. The van der Waals surface area contributed by atoms with Crippen LogP contribution in [-0.2, 0) is 6.42 Å². The Kier molecular flexibility index (Phi) is 4.12. The molecule has 0 spiro atoms. The SMILES string of the molecule is COc1cc2c(cc1C1CCNCC1C(C)C)OC(C)C2. The summed E-state index contributed by atoms with van der Waals surface area (Å²) in [4.78, 5) is 0. The molecule has 0 aliphatic carbocycles. The number of rotatable bonds is 3. The molecule has 2 aliphatic heterocycles. The Morgan fingerprint density at radius 2 is 2.14 bits per heavy atom. The van der Waals surface area contributed by atoms with Gasteiger partial charge in [-0.1, -0.05) is 13.8 Å². The smallest absolute Gasteiger partial charge is 0.123 e. The first-order valence-corrected chi connectivity index (χ1v) is 8.18. The highest BCUT2D eigenvalue weighted by molar-refractivity contribution is 5.50. The number of piperidine rings is 1. The Morgan fingerprint density at radius 1 is 1.33 bits per heavy atom. The van der Waals surface area contributed by atoms with Gasteiger partial charge in [0, 0.05) is 17.5 Å². The molecule has 0 bridgehead atoms. The fourth-order valence-corrected chi connectivity index (χ4v) is 3.89. The zero-order valence-electron chi connectivity index (χ0n) is 13.6. The van der Waals surface area contributed by atoms with Crippen molar-refractivity contribution in [3.05, 3.63) is 23.3 Å². The van der Waals surface area contributed by atoms with E-state index in [2.05, 4.69) is 38.2 Å². The van der Waals surface area contributed by atoms with Crippen LogP contribution in [0.5, 0.6) is 11.5 Å². The number of methoxy groups -OCH3 is 1. The topological polar surface area (TPSA) is 30.5 Å². The van der Waals surface area contributed by atoms with Gasteiger partial charge in [-0.3, -0.25) is 0 Å². The molecule has 3 atom stereocenters. The van der Waals surface area contributed by atoms with E-state index in [-0.39, 0.29) is 6.10 Å². The largest absolute Gasteiger partial charge is 0.496 e. The summed E-state index contributed by atoms with van der Waals surface area (Å²) in [5, 5.41) is 3.54. The van der Waals surface area contributed by atoms with Crippen LogP contribution in [-0.4, -0.2) is 26.3 Å². The zero-order chi connectivity index (χ0) is 15.0. The molecule has 0 aromatic heterocycles. The molecular weight excluding hydrogens is 262 g/mol. The number of ether oxygens (including phenoxy) is 2.